The van der Waals surface area contributed by atoms with Crippen LogP contribution in [0.25, 0.3) is 10.8 Å². The van der Waals surface area contributed by atoms with E-state index in [0.29, 0.717) is 24.7 Å². The van der Waals surface area contributed by atoms with E-state index < -0.39 is 4.92 Å². The first kappa shape index (κ1) is 20.3. The maximum atomic E-state index is 12.5. The zero-order chi connectivity index (χ0) is 21.1. The normalized spacial score (nSPS) is 13.5. The van der Waals surface area contributed by atoms with E-state index >= 15 is 0 Å². The third-order valence-electron chi connectivity index (χ3n) is 5.38. The number of fused-ring (bicyclic) bond motifs is 1. The summed E-state index contributed by atoms with van der Waals surface area (Å²) in [5.74, 6) is -0.158. The van der Waals surface area contributed by atoms with E-state index in [1.165, 1.54) is 34.5 Å². The van der Waals surface area contributed by atoms with E-state index in [-0.39, 0.29) is 16.6 Å². The minimum Gasteiger partial charge on any atom is -0.325 e. The molecule has 154 valence electrons. The molecule has 0 spiro atoms. The van der Waals surface area contributed by atoms with Gasteiger partial charge in [-0.15, -0.1) is 0 Å². The molecule has 0 heterocycles. The lowest BCUT2D eigenvalue weighted by molar-refractivity contribution is -0.384. The van der Waals surface area contributed by atoms with Crippen LogP contribution in [-0.2, 0) is 11.3 Å². The fourth-order valence-corrected chi connectivity index (χ4v) is 3.88. The number of nitro groups is 1. The summed E-state index contributed by atoms with van der Waals surface area (Å²) >= 11 is 6.07. The van der Waals surface area contributed by atoms with Crippen molar-refractivity contribution in [2.75, 3.05) is 11.9 Å². The van der Waals surface area contributed by atoms with Crippen molar-refractivity contribution < 1.29 is 9.72 Å². The summed E-state index contributed by atoms with van der Waals surface area (Å²) in [6, 6.07) is 19.2. The average molecular weight is 424 g/mol. The molecule has 0 aliphatic heterocycles. The lowest BCUT2D eigenvalue weighted by atomic mass is 10.0. The number of benzene rings is 3. The van der Waals surface area contributed by atoms with Crippen molar-refractivity contribution in [3.63, 3.8) is 0 Å². The zero-order valence-corrected chi connectivity index (χ0v) is 17.1. The van der Waals surface area contributed by atoms with Crippen molar-refractivity contribution in [1.29, 1.82) is 0 Å². The molecule has 0 unspecified atom stereocenters. The molecule has 1 amide bonds. The maximum absolute atomic E-state index is 12.5. The molecule has 4 rings (SSSR count). The molecular formula is C23H22ClN3O3. The van der Waals surface area contributed by atoms with Gasteiger partial charge in [-0.25, -0.2) is 0 Å². The number of nitrogens with one attached hydrogen (secondary N) is 1. The minimum atomic E-state index is -0.516. The Bertz CT molecular complexity index is 1090. The lowest BCUT2D eigenvalue weighted by Gasteiger charge is -2.22. The largest absolute Gasteiger partial charge is 0.325 e. The predicted octanol–water partition coefficient (Wildman–Crippen LogP) is 5.39. The SMILES string of the molecule is O=C(CCN(Cc1cccc2ccccc12)C1CC1)Nc1ccc([N+](=O)[O-])cc1Cl. The van der Waals surface area contributed by atoms with Crippen LogP contribution < -0.4 is 5.32 Å². The van der Waals surface area contributed by atoms with Gasteiger partial charge in [-0.3, -0.25) is 19.8 Å². The molecule has 0 saturated heterocycles. The summed E-state index contributed by atoms with van der Waals surface area (Å²) in [5.41, 5.74) is 1.55. The van der Waals surface area contributed by atoms with Gasteiger partial charge >= 0.3 is 0 Å². The number of carbonyl (C=O) groups excluding carboxylic acids is 1. The summed E-state index contributed by atoms with van der Waals surface area (Å²) in [5, 5.41) is 16.2. The molecule has 0 bridgehead atoms. The molecule has 1 N–H and O–H groups in total. The van der Waals surface area contributed by atoms with Crippen molar-refractivity contribution in [3.8, 4) is 0 Å². The number of hydrogen-bond acceptors (Lipinski definition) is 4. The Morgan fingerprint density at radius 2 is 1.90 bits per heavy atom. The Hall–Kier alpha value is -2.96. The van der Waals surface area contributed by atoms with E-state index in [4.69, 9.17) is 11.6 Å². The van der Waals surface area contributed by atoms with Gasteiger partial charge in [0.2, 0.25) is 5.91 Å². The highest BCUT2D eigenvalue weighted by Gasteiger charge is 2.29. The quantitative estimate of drug-likeness (QED) is 0.389. The summed E-state index contributed by atoms with van der Waals surface area (Å²) in [4.78, 5) is 25.1. The van der Waals surface area contributed by atoms with Crippen LogP contribution in [0.15, 0.2) is 60.7 Å². The maximum Gasteiger partial charge on any atom is 0.271 e. The first-order chi connectivity index (χ1) is 14.5. The highest BCUT2D eigenvalue weighted by molar-refractivity contribution is 6.33. The second-order valence-corrected chi connectivity index (χ2v) is 7.97. The van der Waals surface area contributed by atoms with Crippen molar-refractivity contribution in [1.82, 2.24) is 4.90 Å². The molecule has 0 atom stereocenters. The smallest absolute Gasteiger partial charge is 0.271 e. The van der Waals surface area contributed by atoms with Crippen LogP contribution in [0.5, 0.6) is 0 Å². The fourth-order valence-electron chi connectivity index (χ4n) is 3.66. The van der Waals surface area contributed by atoms with Gasteiger partial charge in [-0.2, -0.15) is 0 Å². The van der Waals surface area contributed by atoms with Gasteiger partial charge in [0.05, 0.1) is 15.6 Å². The number of non-ortho nitro benzene ring substituents is 1. The number of nitrogens with zero attached hydrogens (tertiary/aromatic N) is 2. The predicted molar refractivity (Wildman–Crippen MR) is 119 cm³/mol. The van der Waals surface area contributed by atoms with Crippen molar-refractivity contribution in [2.45, 2.75) is 31.8 Å². The van der Waals surface area contributed by atoms with E-state index in [1.54, 1.807) is 0 Å². The van der Waals surface area contributed by atoms with Crippen LogP contribution in [0.4, 0.5) is 11.4 Å². The van der Waals surface area contributed by atoms with Crippen molar-refractivity contribution in [3.05, 3.63) is 81.4 Å². The fraction of sp³-hybridized carbons (Fsp3) is 0.261. The van der Waals surface area contributed by atoms with Gasteiger partial charge in [0.1, 0.15) is 0 Å². The number of carbonyl (C=O) groups is 1. The average Bonchev–Trinajstić information content (AvgIpc) is 3.58. The number of amides is 1. The highest BCUT2D eigenvalue weighted by atomic mass is 35.5. The molecule has 0 aromatic heterocycles. The molecule has 1 saturated carbocycles. The first-order valence-corrected chi connectivity index (χ1v) is 10.3. The van der Waals surface area contributed by atoms with Gasteiger partial charge in [0, 0.05) is 37.7 Å². The van der Waals surface area contributed by atoms with Gasteiger partial charge in [0.15, 0.2) is 0 Å². The van der Waals surface area contributed by atoms with Crippen LogP contribution in [0.3, 0.4) is 0 Å². The Balaban J connectivity index is 1.40. The number of halogens is 1. The lowest BCUT2D eigenvalue weighted by Crippen LogP contribution is -2.29. The van der Waals surface area contributed by atoms with Crippen molar-refractivity contribution >= 4 is 39.7 Å². The Morgan fingerprint density at radius 1 is 1.13 bits per heavy atom. The standard InChI is InChI=1S/C23H22ClN3O3/c24-21-14-19(27(29)30)10-11-22(21)25-23(28)12-13-26(18-8-9-18)15-17-6-3-5-16-4-1-2-7-20(16)17/h1-7,10-11,14,18H,8-9,12-13,15H2,(H,25,28). The number of rotatable bonds is 8. The van der Waals surface area contributed by atoms with Crippen LogP contribution >= 0.6 is 11.6 Å². The number of nitro benzene ring substituents is 1. The molecule has 3 aromatic carbocycles. The summed E-state index contributed by atoms with van der Waals surface area (Å²) < 4.78 is 0. The zero-order valence-electron chi connectivity index (χ0n) is 16.4. The van der Waals surface area contributed by atoms with E-state index in [9.17, 15) is 14.9 Å². The van der Waals surface area contributed by atoms with Crippen molar-refractivity contribution in [2.24, 2.45) is 0 Å². The molecule has 3 aromatic rings. The summed E-state index contributed by atoms with van der Waals surface area (Å²) in [6.45, 7) is 1.45. The first-order valence-electron chi connectivity index (χ1n) is 9.96. The number of hydrogen-bond donors (Lipinski definition) is 1. The van der Waals surface area contributed by atoms with Gasteiger partial charge in [0.25, 0.3) is 5.69 Å². The van der Waals surface area contributed by atoms with Crippen LogP contribution in [0.1, 0.15) is 24.8 Å². The molecular weight excluding hydrogens is 402 g/mol. The monoisotopic (exact) mass is 423 g/mol. The van der Waals surface area contributed by atoms with Crippen LogP contribution in [-0.4, -0.2) is 28.3 Å². The molecule has 1 aliphatic rings. The van der Waals surface area contributed by atoms with E-state index in [0.717, 1.165) is 19.4 Å². The third kappa shape index (κ3) is 4.78. The Kier molecular flexibility index (Phi) is 5.97. The molecule has 1 fully saturated rings. The molecule has 6 nitrogen and oxygen atoms in total. The topological polar surface area (TPSA) is 75.5 Å². The van der Waals surface area contributed by atoms with Gasteiger partial charge in [-0.05, 0) is 35.2 Å². The van der Waals surface area contributed by atoms with Crippen LogP contribution in [0, 0.1) is 10.1 Å². The molecule has 0 radical (unpaired) electrons. The van der Waals surface area contributed by atoms with Gasteiger partial charge < -0.3 is 5.32 Å². The van der Waals surface area contributed by atoms with E-state index in [1.807, 2.05) is 6.07 Å². The summed E-state index contributed by atoms with van der Waals surface area (Å²) in [7, 11) is 0. The van der Waals surface area contributed by atoms with Gasteiger partial charge in [-0.1, -0.05) is 54.1 Å². The Morgan fingerprint density at radius 3 is 2.63 bits per heavy atom. The molecule has 30 heavy (non-hydrogen) atoms. The highest BCUT2D eigenvalue weighted by Crippen LogP contribution is 2.30. The summed E-state index contributed by atoms with van der Waals surface area (Å²) in [6.07, 6.45) is 2.63. The number of anilines is 1. The second-order valence-electron chi connectivity index (χ2n) is 7.56. The second kappa shape index (κ2) is 8.81. The molecule has 1 aliphatic carbocycles. The van der Waals surface area contributed by atoms with Crippen LogP contribution in [0.2, 0.25) is 5.02 Å². The Labute approximate surface area is 179 Å². The molecule has 7 heteroatoms. The third-order valence-corrected chi connectivity index (χ3v) is 5.69. The van der Waals surface area contributed by atoms with E-state index in [2.05, 4.69) is 46.6 Å². The minimum absolute atomic E-state index is 0.104.